The van der Waals surface area contributed by atoms with Crippen molar-refractivity contribution in [3.05, 3.63) is 41.4 Å². The van der Waals surface area contributed by atoms with E-state index < -0.39 is 26.5 Å². The van der Waals surface area contributed by atoms with Gasteiger partial charge in [-0.3, -0.25) is 4.79 Å². The van der Waals surface area contributed by atoms with Gasteiger partial charge in [-0.05, 0) is 31.0 Å². The maximum absolute atomic E-state index is 14.1. The van der Waals surface area contributed by atoms with Crippen LogP contribution in [0.2, 0.25) is 0 Å². The number of halogens is 1. The molecule has 1 aliphatic heterocycles. The van der Waals surface area contributed by atoms with Crippen LogP contribution in [0.5, 0.6) is 0 Å². The van der Waals surface area contributed by atoms with E-state index in [0.29, 0.717) is 30.6 Å². The minimum absolute atomic E-state index is 0.125. The number of anilines is 2. The fourth-order valence-electron chi connectivity index (χ4n) is 3.59. The van der Waals surface area contributed by atoms with Gasteiger partial charge >= 0.3 is 0 Å². The number of nitrogens with one attached hydrogen (secondary N) is 1. The van der Waals surface area contributed by atoms with Crippen molar-refractivity contribution in [1.82, 2.24) is 18.9 Å². The summed E-state index contributed by atoms with van der Waals surface area (Å²) in [7, 11) is -3.70. The van der Waals surface area contributed by atoms with Crippen molar-refractivity contribution in [3.8, 4) is 0 Å². The number of benzene rings is 1. The first-order valence-electron chi connectivity index (χ1n) is 10.4. The number of amides is 1. The molecule has 0 saturated carbocycles. The number of rotatable bonds is 6. The molecule has 3 heterocycles. The molecule has 1 amide bonds. The van der Waals surface area contributed by atoms with Crippen LogP contribution in [0.15, 0.2) is 27.6 Å². The van der Waals surface area contributed by atoms with Crippen molar-refractivity contribution in [2.45, 2.75) is 43.4 Å². The lowest BCUT2D eigenvalue weighted by Gasteiger charge is -2.30. The second-order valence-corrected chi connectivity index (χ2v) is 10.7. The van der Waals surface area contributed by atoms with Crippen LogP contribution in [-0.4, -0.2) is 52.6 Å². The summed E-state index contributed by atoms with van der Waals surface area (Å²) >= 11 is 0.915. The minimum atomic E-state index is -3.70. The maximum atomic E-state index is 14.1. The molecule has 176 valence electrons. The van der Waals surface area contributed by atoms with Crippen molar-refractivity contribution in [2.24, 2.45) is 0 Å². The molecule has 4 rings (SSSR count). The van der Waals surface area contributed by atoms with E-state index in [1.54, 1.807) is 0 Å². The van der Waals surface area contributed by atoms with Crippen molar-refractivity contribution in [1.29, 1.82) is 0 Å². The molecular weight excluding hydrogens is 471 g/mol. The standard InChI is InChI=1S/C20H23FN6O4S2/c1-11(2)17-23-20(31-24-17)12-6-8-27(9-7-12)18-16(25-32-26-18)19(28)22-13-4-5-15(14(21)10-13)33(3,29)30/h4-5,10-12H,6-9H2,1-3H3,(H,22,28). The molecule has 0 radical (unpaired) electrons. The number of nitrogens with zero attached hydrogens (tertiary/aromatic N) is 5. The Kier molecular flexibility index (Phi) is 6.43. The zero-order chi connectivity index (χ0) is 23.8. The number of hydrogen-bond donors (Lipinski definition) is 1. The van der Waals surface area contributed by atoms with Gasteiger partial charge in [0.1, 0.15) is 10.7 Å². The van der Waals surface area contributed by atoms with Crippen LogP contribution in [0.4, 0.5) is 15.9 Å². The molecule has 0 unspecified atom stereocenters. The summed E-state index contributed by atoms with van der Waals surface area (Å²) in [6.07, 6.45) is 2.44. The summed E-state index contributed by atoms with van der Waals surface area (Å²) in [6.45, 7) is 5.28. The molecular formula is C20H23FN6O4S2. The van der Waals surface area contributed by atoms with Gasteiger partial charge in [-0.1, -0.05) is 19.0 Å². The fraction of sp³-hybridized carbons (Fsp3) is 0.450. The summed E-state index contributed by atoms with van der Waals surface area (Å²) < 4.78 is 51.1. The number of carbonyl (C=O) groups excluding carboxylic acids is 1. The predicted octanol–water partition coefficient (Wildman–Crippen LogP) is 3.22. The maximum Gasteiger partial charge on any atom is 0.279 e. The van der Waals surface area contributed by atoms with Gasteiger partial charge in [0, 0.05) is 36.9 Å². The summed E-state index contributed by atoms with van der Waals surface area (Å²) in [5.41, 5.74) is 0.255. The highest BCUT2D eigenvalue weighted by atomic mass is 32.2. The third-order valence-electron chi connectivity index (χ3n) is 5.39. The van der Waals surface area contributed by atoms with Gasteiger partial charge in [-0.2, -0.15) is 13.7 Å². The smallest absolute Gasteiger partial charge is 0.279 e. The molecule has 10 nitrogen and oxygen atoms in total. The molecule has 33 heavy (non-hydrogen) atoms. The Hall–Kier alpha value is -2.93. The van der Waals surface area contributed by atoms with E-state index in [9.17, 15) is 17.6 Å². The number of aromatic nitrogens is 4. The quantitative estimate of drug-likeness (QED) is 0.548. The van der Waals surface area contributed by atoms with Crippen molar-refractivity contribution >= 4 is 39.0 Å². The summed E-state index contributed by atoms with van der Waals surface area (Å²) in [4.78, 5) is 18.8. The van der Waals surface area contributed by atoms with Gasteiger partial charge in [-0.25, -0.2) is 12.8 Å². The minimum Gasteiger partial charge on any atom is -0.354 e. The fourth-order valence-corrected chi connectivity index (χ4v) is 4.88. The number of carbonyl (C=O) groups is 1. The zero-order valence-electron chi connectivity index (χ0n) is 18.3. The molecule has 1 N–H and O–H groups in total. The van der Waals surface area contributed by atoms with Crippen LogP contribution in [-0.2, 0) is 9.84 Å². The van der Waals surface area contributed by atoms with Crippen molar-refractivity contribution < 1.29 is 22.1 Å². The Labute approximate surface area is 194 Å². The van der Waals surface area contributed by atoms with Gasteiger partial charge < -0.3 is 14.7 Å². The Bertz CT molecular complexity index is 1270. The molecule has 3 aromatic rings. The van der Waals surface area contributed by atoms with Crippen LogP contribution in [0.3, 0.4) is 0 Å². The van der Waals surface area contributed by atoms with E-state index in [2.05, 4.69) is 24.2 Å². The normalized spacial score (nSPS) is 15.2. The van der Waals surface area contributed by atoms with Crippen LogP contribution in [0.25, 0.3) is 0 Å². The van der Waals surface area contributed by atoms with E-state index in [1.165, 1.54) is 6.07 Å². The van der Waals surface area contributed by atoms with Gasteiger partial charge in [0.15, 0.2) is 27.2 Å². The lowest BCUT2D eigenvalue weighted by Crippen LogP contribution is -2.34. The van der Waals surface area contributed by atoms with E-state index >= 15 is 0 Å². The first-order valence-corrected chi connectivity index (χ1v) is 13.0. The largest absolute Gasteiger partial charge is 0.354 e. The third kappa shape index (κ3) is 5.03. The molecule has 13 heteroatoms. The highest BCUT2D eigenvalue weighted by molar-refractivity contribution is 7.90. The first kappa shape index (κ1) is 23.2. The Morgan fingerprint density at radius 3 is 2.61 bits per heavy atom. The van der Waals surface area contributed by atoms with Gasteiger partial charge in [0.25, 0.3) is 5.91 Å². The van der Waals surface area contributed by atoms with Crippen LogP contribution in [0, 0.1) is 5.82 Å². The summed E-state index contributed by atoms with van der Waals surface area (Å²) in [6, 6.07) is 3.42. The Morgan fingerprint density at radius 2 is 2.00 bits per heavy atom. The molecule has 2 aromatic heterocycles. The van der Waals surface area contributed by atoms with E-state index in [4.69, 9.17) is 4.52 Å². The lowest BCUT2D eigenvalue weighted by molar-refractivity contribution is 0.102. The van der Waals surface area contributed by atoms with Crippen LogP contribution < -0.4 is 10.2 Å². The van der Waals surface area contributed by atoms with Crippen molar-refractivity contribution in [3.63, 3.8) is 0 Å². The van der Waals surface area contributed by atoms with Crippen LogP contribution >= 0.6 is 11.7 Å². The third-order valence-corrected chi connectivity index (χ3v) is 7.04. The zero-order valence-corrected chi connectivity index (χ0v) is 19.9. The van der Waals surface area contributed by atoms with Crippen molar-refractivity contribution in [2.75, 3.05) is 29.6 Å². The highest BCUT2D eigenvalue weighted by Gasteiger charge is 2.29. The average molecular weight is 495 g/mol. The van der Waals surface area contributed by atoms with E-state index in [0.717, 1.165) is 43.0 Å². The Morgan fingerprint density at radius 1 is 1.27 bits per heavy atom. The second kappa shape index (κ2) is 9.14. The molecule has 0 aliphatic carbocycles. The van der Waals surface area contributed by atoms with E-state index in [-0.39, 0.29) is 23.2 Å². The number of hydrogen-bond acceptors (Lipinski definition) is 10. The van der Waals surface area contributed by atoms with E-state index in [1.807, 2.05) is 18.7 Å². The molecule has 1 fully saturated rings. The molecule has 1 aromatic carbocycles. The topological polar surface area (TPSA) is 131 Å². The lowest BCUT2D eigenvalue weighted by atomic mass is 9.96. The Balaban J connectivity index is 1.43. The second-order valence-electron chi connectivity index (χ2n) is 8.21. The predicted molar refractivity (Wildman–Crippen MR) is 120 cm³/mol. The molecule has 1 saturated heterocycles. The SMILES string of the molecule is CC(C)c1noc(C2CCN(c3nsnc3C(=O)Nc3ccc(S(C)(=O)=O)c(F)c3)CC2)n1. The number of piperidine rings is 1. The summed E-state index contributed by atoms with van der Waals surface area (Å²) in [5.74, 6) is 0.629. The average Bonchev–Trinajstić information content (AvgIpc) is 3.43. The van der Waals surface area contributed by atoms with Gasteiger partial charge in [-0.15, -0.1) is 0 Å². The first-order chi connectivity index (χ1) is 15.6. The summed E-state index contributed by atoms with van der Waals surface area (Å²) in [5, 5.41) is 6.59. The molecule has 0 bridgehead atoms. The van der Waals surface area contributed by atoms with Crippen LogP contribution in [0.1, 0.15) is 60.7 Å². The van der Waals surface area contributed by atoms with Gasteiger partial charge in [0.2, 0.25) is 5.89 Å². The highest BCUT2D eigenvalue weighted by Crippen LogP contribution is 2.31. The van der Waals surface area contributed by atoms with Gasteiger partial charge in [0.05, 0.1) is 11.7 Å². The monoisotopic (exact) mass is 494 g/mol. The number of sulfone groups is 1. The molecule has 1 aliphatic rings. The molecule has 0 spiro atoms. The molecule has 0 atom stereocenters.